The first-order valence-corrected chi connectivity index (χ1v) is 9.07. The summed E-state index contributed by atoms with van der Waals surface area (Å²) in [7, 11) is -2.03. The molecule has 0 unspecified atom stereocenters. The van der Waals surface area contributed by atoms with Crippen LogP contribution in [0.1, 0.15) is 25.2 Å². The highest BCUT2D eigenvalue weighted by atomic mass is 32.2. The van der Waals surface area contributed by atoms with Crippen LogP contribution in [0.3, 0.4) is 0 Å². The Morgan fingerprint density at radius 1 is 1.33 bits per heavy atom. The topological polar surface area (TPSA) is 62.6 Å². The van der Waals surface area contributed by atoms with Crippen LogP contribution in [0.5, 0.6) is 0 Å². The quantitative estimate of drug-likeness (QED) is 0.849. The van der Waals surface area contributed by atoms with E-state index in [2.05, 4.69) is 5.32 Å². The maximum atomic E-state index is 12.4. The van der Waals surface area contributed by atoms with Gasteiger partial charge in [0.2, 0.25) is 5.09 Å². The Morgan fingerprint density at radius 3 is 2.71 bits per heavy atom. The number of hydrogen-bond donors (Lipinski definition) is 1. The monoisotopic (exact) mass is 328 g/mol. The van der Waals surface area contributed by atoms with Crippen molar-refractivity contribution in [3.63, 3.8) is 0 Å². The zero-order valence-corrected chi connectivity index (χ0v) is 14.0. The lowest BCUT2D eigenvalue weighted by Gasteiger charge is -2.14. The average Bonchev–Trinajstić information content (AvgIpc) is 3.07. The van der Waals surface area contributed by atoms with Gasteiger partial charge in [-0.15, -0.1) is 0 Å². The second-order valence-electron chi connectivity index (χ2n) is 5.15. The van der Waals surface area contributed by atoms with Gasteiger partial charge in [-0.3, -0.25) is 0 Å². The third-order valence-corrected chi connectivity index (χ3v) is 5.38. The van der Waals surface area contributed by atoms with Crippen molar-refractivity contribution in [1.82, 2.24) is 9.62 Å². The summed E-state index contributed by atoms with van der Waals surface area (Å²) in [5.41, 5.74) is 0.972. The Morgan fingerprint density at radius 2 is 2.10 bits per heavy atom. The van der Waals surface area contributed by atoms with E-state index in [4.69, 9.17) is 4.42 Å². The van der Waals surface area contributed by atoms with Crippen molar-refractivity contribution < 1.29 is 12.8 Å². The molecule has 2 heterocycles. The van der Waals surface area contributed by atoms with Crippen LogP contribution in [0.25, 0.3) is 0 Å². The number of rotatable bonds is 7. The van der Waals surface area contributed by atoms with Gasteiger partial charge < -0.3 is 9.73 Å². The highest BCUT2D eigenvalue weighted by molar-refractivity contribution is 7.88. The number of thiophene rings is 1. The zero-order chi connectivity index (χ0) is 15.5. The van der Waals surface area contributed by atoms with Crippen molar-refractivity contribution in [2.75, 3.05) is 7.05 Å². The van der Waals surface area contributed by atoms with Gasteiger partial charge in [0, 0.05) is 19.6 Å². The maximum Gasteiger partial charge on any atom is 0.276 e. The van der Waals surface area contributed by atoms with Crippen LogP contribution < -0.4 is 5.32 Å². The minimum absolute atomic E-state index is 0.0132. The van der Waals surface area contributed by atoms with Crippen LogP contribution in [0, 0.1) is 0 Å². The summed E-state index contributed by atoms with van der Waals surface area (Å²) in [5, 5.41) is 7.04. The molecule has 0 saturated heterocycles. The summed E-state index contributed by atoms with van der Waals surface area (Å²) in [6.45, 7) is 4.90. The van der Waals surface area contributed by atoms with Gasteiger partial charge in [-0.05, 0) is 34.5 Å². The fraction of sp³-hybridized carbons (Fsp3) is 0.429. The van der Waals surface area contributed by atoms with E-state index >= 15 is 0 Å². The van der Waals surface area contributed by atoms with E-state index in [0.29, 0.717) is 24.9 Å². The van der Waals surface area contributed by atoms with E-state index in [1.165, 1.54) is 10.4 Å². The first-order valence-electron chi connectivity index (χ1n) is 6.69. The normalized spacial score (nSPS) is 12.4. The van der Waals surface area contributed by atoms with E-state index < -0.39 is 10.0 Å². The zero-order valence-electron chi connectivity index (χ0n) is 12.4. The molecule has 5 nitrogen and oxygen atoms in total. The fourth-order valence-electron chi connectivity index (χ4n) is 1.77. The minimum Gasteiger partial charge on any atom is -0.447 e. The Bertz CT molecular complexity index is 660. The smallest absolute Gasteiger partial charge is 0.276 e. The fourth-order valence-corrected chi connectivity index (χ4v) is 3.51. The van der Waals surface area contributed by atoms with Crippen LogP contribution in [0.4, 0.5) is 0 Å². The van der Waals surface area contributed by atoms with Crippen molar-refractivity contribution >= 4 is 21.4 Å². The molecule has 0 aliphatic carbocycles. The van der Waals surface area contributed by atoms with Gasteiger partial charge >= 0.3 is 0 Å². The standard InChI is InChI=1S/C14H20N2O3S2/c1-11(2)15-8-13-4-5-14(19-13)21(17,18)16(3)9-12-6-7-20-10-12/h4-7,10-11,15H,8-9H2,1-3H3. The van der Waals surface area contributed by atoms with Crippen molar-refractivity contribution in [3.05, 3.63) is 40.3 Å². The highest BCUT2D eigenvalue weighted by Crippen LogP contribution is 2.20. The molecule has 2 aromatic heterocycles. The summed E-state index contributed by atoms with van der Waals surface area (Å²) in [4.78, 5) is 0. The van der Waals surface area contributed by atoms with Crippen LogP contribution in [0.2, 0.25) is 0 Å². The van der Waals surface area contributed by atoms with Gasteiger partial charge in [0.25, 0.3) is 10.0 Å². The van der Waals surface area contributed by atoms with E-state index in [9.17, 15) is 8.42 Å². The van der Waals surface area contributed by atoms with Gasteiger partial charge in [-0.2, -0.15) is 15.6 Å². The lowest BCUT2D eigenvalue weighted by Crippen LogP contribution is -2.26. The number of hydrogen-bond acceptors (Lipinski definition) is 5. The van der Waals surface area contributed by atoms with Gasteiger partial charge in [-0.25, -0.2) is 8.42 Å². The van der Waals surface area contributed by atoms with Gasteiger partial charge in [0.1, 0.15) is 5.76 Å². The van der Waals surface area contributed by atoms with Gasteiger partial charge in [0.05, 0.1) is 6.54 Å². The predicted molar refractivity (Wildman–Crippen MR) is 83.7 cm³/mol. The average molecular weight is 328 g/mol. The molecule has 116 valence electrons. The van der Waals surface area contributed by atoms with Crippen LogP contribution in [0.15, 0.2) is 38.5 Å². The van der Waals surface area contributed by atoms with Crippen LogP contribution in [-0.4, -0.2) is 25.8 Å². The Kier molecular flexibility index (Phi) is 5.21. The van der Waals surface area contributed by atoms with E-state index in [-0.39, 0.29) is 5.09 Å². The Labute approximate surface area is 129 Å². The lowest BCUT2D eigenvalue weighted by atomic mass is 10.3. The largest absolute Gasteiger partial charge is 0.447 e. The molecule has 0 aliphatic rings. The molecule has 0 bridgehead atoms. The predicted octanol–water partition coefficient (Wildman–Crippen LogP) is 2.66. The first-order chi connectivity index (χ1) is 9.89. The third kappa shape index (κ3) is 4.16. The molecular weight excluding hydrogens is 308 g/mol. The number of sulfonamides is 1. The number of furan rings is 1. The summed E-state index contributed by atoms with van der Waals surface area (Å²) >= 11 is 1.55. The lowest BCUT2D eigenvalue weighted by molar-refractivity contribution is 0.375. The minimum atomic E-state index is -3.59. The van der Waals surface area contributed by atoms with Crippen molar-refractivity contribution in [2.24, 2.45) is 0 Å². The molecule has 0 atom stereocenters. The van der Waals surface area contributed by atoms with E-state index in [1.54, 1.807) is 24.5 Å². The molecule has 2 aromatic rings. The summed E-state index contributed by atoms with van der Waals surface area (Å²) in [6.07, 6.45) is 0. The molecule has 0 aromatic carbocycles. The molecule has 0 saturated carbocycles. The molecule has 1 N–H and O–H groups in total. The van der Waals surface area contributed by atoms with Crippen LogP contribution >= 0.6 is 11.3 Å². The maximum absolute atomic E-state index is 12.4. The Hall–Kier alpha value is -1.15. The van der Waals surface area contributed by atoms with Gasteiger partial charge in [0.15, 0.2) is 0 Å². The van der Waals surface area contributed by atoms with E-state index in [0.717, 1.165) is 5.56 Å². The molecule has 0 spiro atoms. The van der Waals surface area contributed by atoms with Crippen LogP contribution in [-0.2, 0) is 23.1 Å². The second-order valence-corrected chi connectivity index (χ2v) is 7.90. The SMILES string of the molecule is CC(C)NCc1ccc(S(=O)(=O)N(C)Cc2ccsc2)o1. The molecule has 2 rings (SSSR count). The summed E-state index contributed by atoms with van der Waals surface area (Å²) < 4.78 is 31.6. The van der Waals surface area contributed by atoms with Crippen molar-refractivity contribution in [3.8, 4) is 0 Å². The van der Waals surface area contributed by atoms with E-state index in [1.807, 2.05) is 30.7 Å². The summed E-state index contributed by atoms with van der Waals surface area (Å²) in [6, 6.07) is 5.44. The molecule has 0 radical (unpaired) electrons. The Balaban J connectivity index is 2.08. The molecule has 0 amide bonds. The first kappa shape index (κ1) is 16.2. The third-order valence-electron chi connectivity index (χ3n) is 2.97. The van der Waals surface area contributed by atoms with Gasteiger partial charge in [-0.1, -0.05) is 13.8 Å². The molecule has 21 heavy (non-hydrogen) atoms. The molecule has 7 heteroatoms. The highest BCUT2D eigenvalue weighted by Gasteiger charge is 2.24. The molecule has 0 fully saturated rings. The molecule has 0 aliphatic heterocycles. The number of nitrogens with one attached hydrogen (secondary N) is 1. The summed E-state index contributed by atoms with van der Waals surface area (Å²) in [5.74, 6) is 0.617. The number of nitrogens with zero attached hydrogens (tertiary/aromatic N) is 1. The second kappa shape index (κ2) is 6.74. The van der Waals surface area contributed by atoms with Crippen molar-refractivity contribution in [1.29, 1.82) is 0 Å². The molecular formula is C14H20N2O3S2. The van der Waals surface area contributed by atoms with Crippen molar-refractivity contribution in [2.45, 2.75) is 38.1 Å².